The maximum atomic E-state index is 10.6. The van der Waals surface area contributed by atoms with Gasteiger partial charge in [0.1, 0.15) is 11.5 Å². The van der Waals surface area contributed by atoms with Gasteiger partial charge in [0.2, 0.25) is 5.91 Å². The van der Waals surface area contributed by atoms with Crippen LogP contribution in [0.2, 0.25) is 0 Å². The molecule has 31 heavy (non-hydrogen) atoms. The average molecular weight is 439 g/mol. The van der Waals surface area contributed by atoms with Crippen molar-refractivity contribution in [3.05, 3.63) is 84.9 Å². The van der Waals surface area contributed by atoms with Crippen molar-refractivity contribution in [2.24, 2.45) is 5.84 Å². The number of amides is 1. The molecule has 5 N–H and O–H groups in total. The molecule has 0 bridgehead atoms. The van der Waals surface area contributed by atoms with Crippen LogP contribution in [0.1, 0.15) is 6.42 Å². The summed E-state index contributed by atoms with van der Waals surface area (Å²) in [6.07, 6.45) is 1.12. The van der Waals surface area contributed by atoms with E-state index in [9.17, 15) is 4.79 Å². The summed E-state index contributed by atoms with van der Waals surface area (Å²) in [7, 11) is 1.76. The Morgan fingerprint density at radius 3 is 1.97 bits per heavy atom. The number of hydrogen-bond acceptors (Lipinski definition) is 6. The van der Waals surface area contributed by atoms with Crippen LogP contribution in [0.4, 0.5) is 11.4 Å². The highest BCUT2D eigenvalue weighted by molar-refractivity contribution is 7.99. The second-order valence-electron chi connectivity index (χ2n) is 6.65. The molecule has 0 atom stereocenters. The summed E-state index contributed by atoms with van der Waals surface area (Å²) in [6.45, 7) is 0.867. The van der Waals surface area contributed by atoms with Crippen molar-refractivity contribution in [2.45, 2.75) is 6.42 Å². The number of nitrogens with two attached hydrogens (primary N) is 2. The molecule has 1 heterocycles. The summed E-state index contributed by atoms with van der Waals surface area (Å²) in [4.78, 5) is 10.6. The van der Waals surface area contributed by atoms with E-state index in [4.69, 9.17) is 16.3 Å². The number of anilines is 2. The molecule has 1 fully saturated rings. The number of thioether (sulfide) groups is 1. The van der Waals surface area contributed by atoms with Crippen LogP contribution >= 0.6 is 11.8 Å². The Morgan fingerprint density at radius 2 is 1.45 bits per heavy atom. The van der Waals surface area contributed by atoms with E-state index in [1.807, 2.05) is 84.9 Å². The third-order valence-electron chi connectivity index (χ3n) is 4.06. The molecule has 4 rings (SSSR count). The highest BCUT2D eigenvalue weighted by atomic mass is 32.2. The molecule has 1 amide bonds. The SMILES string of the molecule is CN(N)c1ccccc1N.O=C1CSCCCN1.c1ccc(Oc2ccccc2)cc1. The van der Waals surface area contributed by atoms with Gasteiger partial charge in [0.05, 0.1) is 17.1 Å². The van der Waals surface area contributed by atoms with E-state index in [2.05, 4.69) is 5.32 Å². The van der Waals surface area contributed by atoms with Crippen LogP contribution in [0.25, 0.3) is 0 Å². The first-order valence-electron chi connectivity index (χ1n) is 10.0. The predicted octanol–water partition coefficient (Wildman–Crippen LogP) is 4.30. The molecule has 3 aromatic rings. The molecular formula is C24H30N4O2S. The summed E-state index contributed by atoms with van der Waals surface area (Å²) < 4.78 is 5.58. The number of nitrogens with one attached hydrogen (secondary N) is 1. The minimum Gasteiger partial charge on any atom is -0.457 e. The molecule has 0 unspecified atom stereocenters. The Kier molecular flexibility index (Phi) is 10.9. The fourth-order valence-corrected chi connectivity index (χ4v) is 3.32. The van der Waals surface area contributed by atoms with Crippen molar-refractivity contribution in [3.63, 3.8) is 0 Å². The summed E-state index contributed by atoms with van der Waals surface area (Å²) in [5.41, 5.74) is 7.15. The number of hydrogen-bond donors (Lipinski definition) is 3. The number of carbonyl (C=O) groups is 1. The molecule has 3 aromatic carbocycles. The number of benzene rings is 3. The molecule has 0 aromatic heterocycles. The van der Waals surface area contributed by atoms with Gasteiger partial charge in [-0.25, -0.2) is 5.84 Å². The number of nitrogen functional groups attached to an aromatic ring is 1. The largest absolute Gasteiger partial charge is 0.457 e. The number of ether oxygens (including phenoxy) is 1. The average Bonchev–Trinajstić information content (AvgIpc) is 3.04. The molecule has 7 heteroatoms. The van der Waals surface area contributed by atoms with Crippen molar-refractivity contribution in [1.29, 1.82) is 0 Å². The molecular weight excluding hydrogens is 408 g/mol. The van der Waals surface area contributed by atoms with E-state index < -0.39 is 0 Å². The van der Waals surface area contributed by atoms with Crippen molar-refractivity contribution in [3.8, 4) is 11.5 Å². The third kappa shape index (κ3) is 9.93. The molecule has 6 nitrogen and oxygen atoms in total. The molecule has 0 saturated carbocycles. The third-order valence-corrected chi connectivity index (χ3v) is 5.10. The van der Waals surface area contributed by atoms with Gasteiger partial charge in [-0.3, -0.25) is 4.79 Å². The lowest BCUT2D eigenvalue weighted by Gasteiger charge is -2.13. The van der Waals surface area contributed by atoms with E-state index in [1.165, 1.54) is 5.01 Å². The maximum absolute atomic E-state index is 10.6. The van der Waals surface area contributed by atoms with E-state index >= 15 is 0 Å². The summed E-state index contributed by atoms with van der Waals surface area (Å²) in [6, 6.07) is 27.0. The van der Waals surface area contributed by atoms with Gasteiger partial charge in [0, 0.05) is 13.6 Å². The Labute approximate surface area is 188 Å². The number of carbonyl (C=O) groups excluding carboxylic acids is 1. The molecule has 1 aliphatic heterocycles. The van der Waals surface area contributed by atoms with Gasteiger partial charge in [-0.1, -0.05) is 48.5 Å². The lowest BCUT2D eigenvalue weighted by atomic mass is 10.3. The predicted molar refractivity (Wildman–Crippen MR) is 131 cm³/mol. The van der Waals surface area contributed by atoms with Crippen LogP contribution in [0.15, 0.2) is 84.9 Å². The van der Waals surface area contributed by atoms with Gasteiger partial charge in [0.15, 0.2) is 0 Å². The van der Waals surface area contributed by atoms with Crippen LogP contribution in [0.3, 0.4) is 0 Å². The second-order valence-corrected chi connectivity index (χ2v) is 7.76. The van der Waals surface area contributed by atoms with E-state index in [0.717, 1.165) is 35.9 Å². The maximum Gasteiger partial charge on any atom is 0.229 e. The van der Waals surface area contributed by atoms with Gasteiger partial charge >= 0.3 is 0 Å². The van der Waals surface area contributed by atoms with Gasteiger partial charge in [-0.05, 0) is 48.6 Å². The fourth-order valence-electron chi connectivity index (χ4n) is 2.54. The van der Waals surface area contributed by atoms with Crippen LogP contribution in [0.5, 0.6) is 11.5 Å². The van der Waals surface area contributed by atoms with Crippen molar-refractivity contribution in [2.75, 3.05) is 35.8 Å². The van der Waals surface area contributed by atoms with E-state index in [-0.39, 0.29) is 5.91 Å². The Balaban J connectivity index is 0.000000171. The van der Waals surface area contributed by atoms with E-state index in [0.29, 0.717) is 11.4 Å². The Bertz CT molecular complexity index is 845. The number of para-hydroxylation sites is 4. The summed E-state index contributed by atoms with van der Waals surface area (Å²) in [5, 5.41) is 4.28. The van der Waals surface area contributed by atoms with Crippen molar-refractivity contribution >= 4 is 29.0 Å². The number of hydrazine groups is 1. The zero-order chi connectivity index (χ0) is 22.3. The zero-order valence-electron chi connectivity index (χ0n) is 17.7. The molecule has 164 valence electrons. The molecule has 0 spiro atoms. The smallest absolute Gasteiger partial charge is 0.229 e. The topological polar surface area (TPSA) is 93.6 Å². The lowest BCUT2D eigenvalue weighted by Crippen LogP contribution is -2.25. The van der Waals surface area contributed by atoms with Gasteiger partial charge < -0.3 is 20.8 Å². The van der Waals surface area contributed by atoms with Crippen molar-refractivity contribution < 1.29 is 9.53 Å². The minimum atomic E-state index is 0.188. The normalized spacial score (nSPS) is 12.6. The Hall–Kier alpha value is -3.16. The highest BCUT2D eigenvalue weighted by Crippen LogP contribution is 2.19. The first kappa shape index (κ1) is 24.1. The first-order chi connectivity index (χ1) is 15.1. The van der Waals surface area contributed by atoms with Gasteiger partial charge in [-0.2, -0.15) is 11.8 Å². The molecule has 0 radical (unpaired) electrons. The number of rotatable bonds is 3. The first-order valence-corrected chi connectivity index (χ1v) is 11.2. The van der Waals surface area contributed by atoms with E-state index in [1.54, 1.807) is 18.8 Å². The Morgan fingerprint density at radius 1 is 0.903 bits per heavy atom. The van der Waals surface area contributed by atoms with Crippen LogP contribution in [-0.4, -0.2) is 31.0 Å². The van der Waals surface area contributed by atoms with Crippen molar-refractivity contribution in [1.82, 2.24) is 5.32 Å². The van der Waals surface area contributed by atoms with Crippen LogP contribution in [-0.2, 0) is 4.79 Å². The van der Waals surface area contributed by atoms with Crippen LogP contribution in [0, 0.1) is 0 Å². The second kappa shape index (κ2) is 14.0. The molecule has 1 aliphatic rings. The molecule has 0 aliphatic carbocycles. The van der Waals surface area contributed by atoms with Gasteiger partial charge in [0.25, 0.3) is 0 Å². The standard InChI is InChI=1S/C12H10O.C7H11N3.C5H9NOS/c1-3-7-11(8-4-1)13-12-9-5-2-6-10-12;1-10(9)7-5-3-2-4-6(7)8;7-5-4-8-3-1-2-6-5/h1-10H;2-5H,8-9H2,1H3;1-4H2,(H,6,7). The fraction of sp³-hybridized carbons (Fsp3) is 0.208. The number of nitrogens with zero attached hydrogens (tertiary/aromatic N) is 1. The highest BCUT2D eigenvalue weighted by Gasteiger charge is 2.03. The minimum absolute atomic E-state index is 0.188. The summed E-state index contributed by atoms with van der Waals surface area (Å²) in [5.74, 6) is 9.17. The lowest BCUT2D eigenvalue weighted by molar-refractivity contribution is -0.118. The summed E-state index contributed by atoms with van der Waals surface area (Å²) >= 11 is 1.71. The molecule has 1 saturated heterocycles. The van der Waals surface area contributed by atoms with Crippen LogP contribution < -0.4 is 26.6 Å². The monoisotopic (exact) mass is 438 g/mol. The zero-order valence-corrected chi connectivity index (χ0v) is 18.6. The van der Waals surface area contributed by atoms with Gasteiger partial charge in [-0.15, -0.1) is 0 Å². The quantitative estimate of drug-likeness (QED) is 0.321.